The summed E-state index contributed by atoms with van der Waals surface area (Å²) in [4.78, 5) is 8.80. The van der Waals surface area contributed by atoms with E-state index in [1.807, 2.05) is 6.92 Å². The molecular weight excluding hydrogens is 254 g/mol. The second kappa shape index (κ2) is 5.21. The van der Waals surface area contributed by atoms with Crippen LogP contribution in [-0.4, -0.2) is 9.97 Å². The average Bonchev–Trinajstić information content (AvgIpc) is 2.38. The van der Waals surface area contributed by atoms with Gasteiger partial charge in [0.25, 0.3) is 0 Å². The Kier molecular flexibility index (Phi) is 3.42. The van der Waals surface area contributed by atoms with E-state index in [9.17, 15) is 0 Å². The van der Waals surface area contributed by atoms with Crippen molar-refractivity contribution in [2.75, 3.05) is 5.73 Å². The predicted molar refractivity (Wildman–Crippen MR) is 79.2 cm³/mol. The fraction of sp³-hybridized carbons (Fsp3) is 0.333. The molecule has 3 rings (SSSR count). The topological polar surface area (TPSA) is 51.8 Å². The normalized spacial score (nSPS) is 18.1. The summed E-state index contributed by atoms with van der Waals surface area (Å²) < 4.78 is 0. The highest BCUT2D eigenvalue weighted by Crippen LogP contribution is 2.42. The summed E-state index contributed by atoms with van der Waals surface area (Å²) in [5.41, 5.74) is 9.62. The molecule has 3 nitrogen and oxygen atoms in total. The van der Waals surface area contributed by atoms with Crippen molar-refractivity contribution in [3.63, 3.8) is 0 Å². The lowest BCUT2D eigenvalue weighted by Gasteiger charge is -2.24. The number of hydrogen-bond acceptors (Lipinski definition) is 4. The molecule has 4 heteroatoms. The molecule has 19 heavy (non-hydrogen) atoms. The van der Waals surface area contributed by atoms with E-state index in [-0.39, 0.29) is 0 Å². The first-order valence-corrected chi connectivity index (χ1v) is 7.46. The summed E-state index contributed by atoms with van der Waals surface area (Å²) in [6, 6.07) is 10.5. The zero-order valence-corrected chi connectivity index (χ0v) is 11.8. The van der Waals surface area contributed by atoms with E-state index < -0.39 is 0 Å². The molecule has 0 radical (unpaired) electrons. The first kappa shape index (κ1) is 12.5. The highest BCUT2D eigenvalue weighted by atomic mass is 32.2. The number of thioether (sulfide) groups is 1. The molecule has 2 N–H and O–H groups in total. The third-order valence-electron chi connectivity index (χ3n) is 3.42. The summed E-state index contributed by atoms with van der Waals surface area (Å²) in [7, 11) is 0. The van der Waals surface area contributed by atoms with Gasteiger partial charge >= 0.3 is 0 Å². The minimum atomic E-state index is 0.450. The number of anilines is 1. The van der Waals surface area contributed by atoms with Crippen LogP contribution in [0.4, 0.5) is 5.82 Å². The van der Waals surface area contributed by atoms with Crippen molar-refractivity contribution < 1.29 is 0 Å². The molecule has 0 spiro atoms. The Labute approximate surface area is 117 Å². The van der Waals surface area contributed by atoms with Gasteiger partial charge in [-0.25, -0.2) is 9.97 Å². The van der Waals surface area contributed by atoms with Crippen LogP contribution in [0, 0.1) is 6.92 Å². The number of nitrogens with zero attached hydrogens (tertiary/aromatic N) is 2. The van der Waals surface area contributed by atoms with E-state index >= 15 is 0 Å². The van der Waals surface area contributed by atoms with Gasteiger partial charge in [0.1, 0.15) is 5.82 Å². The average molecular weight is 271 g/mol. The Bertz CT molecular complexity index is 577. The Morgan fingerprint density at radius 3 is 2.95 bits per heavy atom. The first-order chi connectivity index (χ1) is 9.22. The highest BCUT2D eigenvalue weighted by molar-refractivity contribution is 7.99. The lowest BCUT2D eigenvalue weighted by Crippen LogP contribution is -2.08. The molecule has 0 bridgehead atoms. The second-order valence-electron chi connectivity index (χ2n) is 4.91. The van der Waals surface area contributed by atoms with Gasteiger partial charge in [-0.1, -0.05) is 36.0 Å². The van der Waals surface area contributed by atoms with Crippen LogP contribution in [0.1, 0.15) is 34.9 Å². The van der Waals surface area contributed by atoms with Gasteiger partial charge in [-0.2, -0.15) is 0 Å². The minimum absolute atomic E-state index is 0.450. The number of benzene rings is 1. The predicted octanol–water partition coefficient (Wildman–Crippen LogP) is 3.54. The fourth-order valence-corrected chi connectivity index (χ4v) is 3.83. The van der Waals surface area contributed by atoms with E-state index in [4.69, 9.17) is 5.73 Å². The summed E-state index contributed by atoms with van der Waals surface area (Å²) in [5.74, 6) is 0.555. The largest absolute Gasteiger partial charge is 0.384 e. The van der Waals surface area contributed by atoms with Crippen molar-refractivity contribution in [1.29, 1.82) is 0 Å². The van der Waals surface area contributed by atoms with Gasteiger partial charge < -0.3 is 5.73 Å². The molecule has 1 heterocycles. The molecule has 98 valence electrons. The molecule has 1 atom stereocenters. The summed E-state index contributed by atoms with van der Waals surface area (Å²) >= 11 is 1.73. The maximum atomic E-state index is 5.79. The lowest BCUT2D eigenvalue weighted by atomic mass is 9.91. The molecule has 0 amide bonds. The van der Waals surface area contributed by atoms with Gasteiger partial charge in [-0.05, 0) is 37.3 Å². The van der Waals surface area contributed by atoms with Gasteiger partial charge in [0.15, 0.2) is 5.16 Å². The van der Waals surface area contributed by atoms with Gasteiger partial charge in [0.2, 0.25) is 0 Å². The Balaban J connectivity index is 1.88. The van der Waals surface area contributed by atoms with Gasteiger partial charge in [0.05, 0.1) is 0 Å². The zero-order chi connectivity index (χ0) is 13.2. The second-order valence-corrected chi connectivity index (χ2v) is 6.08. The van der Waals surface area contributed by atoms with Crippen LogP contribution in [0.3, 0.4) is 0 Å². The molecule has 1 aromatic carbocycles. The van der Waals surface area contributed by atoms with Crippen molar-refractivity contribution in [3.05, 3.63) is 47.2 Å². The lowest BCUT2D eigenvalue weighted by molar-refractivity contribution is 0.671. The molecule has 0 saturated heterocycles. The van der Waals surface area contributed by atoms with Gasteiger partial charge in [-0.15, -0.1) is 0 Å². The Morgan fingerprint density at radius 2 is 2.11 bits per heavy atom. The van der Waals surface area contributed by atoms with Crippen LogP contribution >= 0.6 is 11.8 Å². The number of rotatable bonds is 2. The van der Waals surface area contributed by atoms with Crippen LogP contribution < -0.4 is 5.73 Å². The quantitative estimate of drug-likeness (QED) is 0.849. The number of nitrogen functional groups attached to an aromatic ring is 1. The zero-order valence-electron chi connectivity index (χ0n) is 11.0. The molecule has 1 aliphatic rings. The van der Waals surface area contributed by atoms with Gasteiger partial charge in [-0.3, -0.25) is 0 Å². The van der Waals surface area contributed by atoms with E-state index in [2.05, 4.69) is 34.2 Å². The molecule has 2 aromatic rings. The molecule has 0 saturated carbocycles. The molecule has 0 aliphatic heterocycles. The molecule has 0 fully saturated rings. The Hall–Kier alpha value is -1.55. The summed E-state index contributed by atoms with van der Waals surface area (Å²) in [5, 5.41) is 1.24. The Morgan fingerprint density at radius 1 is 1.26 bits per heavy atom. The third kappa shape index (κ3) is 2.73. The van der Waals surface area contributed by atoms with Crippen molar-refractivity contribution in [2.45, 2.75) is 36.6 Å². The highest BCUT2D eigenvalue weighted by Gasteiger charge is 2.21. The van der Waals surface area contributed by atoms with Crippen LogP contribution in [0.25, 0.3) is 0 Å². The SMILES string of the molecule is Cc1cc(N)nc(SC2CCCc3ccccc32)n1. The van der Waals surface area contributed by atoms with Crippen LogP contribution in [0.15, 0.2) is 35.5 Å². The summed E-state index contributed by atoms with van der Waals surface area (Å²) in [6.07, 6.45) is 3.60. The number of hydrogen-bond donors (Lipinski definition) is 1. The van der Waals surface area contributed by atoms with Crippen LogP contribution in [-0.2, 0) is 6.42 Å². The standard InChI is InChI=1S/C15H17N3S/c1-10-9-14(16)18-15(17-10)19-13-8-4-6-11-5-2-3-7-12(11)13/h2-3,5,7,9,13H,4,6,8H2,1H3,(H2,16,17,18). The fourth-order valence-electron chi connectivity index (χ4n) is 2.58. The smallest absolute Gasteiger partial charge is 0.190 e. The maximum Gasteiger partial charge on any atom is 0.190 e. The molecular formula is C15H17N3S. The molecule has 1 unspecified atom stereocenters. The summed E-state index contributed by atoms with van der Waals surface area (Å²) in [6.45, 7) is 1.96. The first-order valence-electron chi connectivity index (χ1n) is 6.58. The van der Waals surface area contributed by atoms with Crippen molar-refractivity contribution >= 4 is 17.6 Å². The monoisotopic (exact) mass is 271 g/mol. The van der Waals surface area contributed by atoms with Crippen LogP contribution in [0.5, 0.6) is 0 Å². The van der Waals surface area contributed by atoms with Crippen molar-refractivity contribution in [2.24, 2.45) is 0 Å². The number of fused-ring (bicyclic) bond motifs is 1. The van der Waals surface area contributed by atoms with E-state index in [0.717, 1.165) is 10.9 Å². The number of aryl methyl sites for hydroxylation is 2. The van der Waals surface area contributed by atoms with E-state index in [1.54, 1.807) is 17.8 Å². The third-order valence-corrected chi connectivity index (χ3v) is 4.58. The minimum Gasteiger partial charge on any atom is -0.384 e. The van der Waals surface area contributed by atoms with E-state index in [0.29, 0.717) is 11.1 Å². The van der Waals surface area contributed by atoms with Crippen molar-refractivity contribution in [3.8, 4) is 0 Å². The van der Waals surface area contributed by atoms with Crippen LogP contribution in [0.2, 0.25) is 0 Å². The molecule has 1 aromatic heterocycles. The molecule has 1 aliphatic carbocycles. The van der Waals surface area contributed by atoms with E-state index in [1.165, 1.54) is 30.4 Å². The maximum absolute atomic E-state index is 5.79. The van der Waals surface area contributed by atoms with Crippen molar-refractivity contribution in [1.82, 2.24) is 9.97 Å². The van der Waals surface area contributed by atoms with Gasteiger partial charge in [0, 0.05) is 17.0 Å². The number of aromatic nitrogens is 2. The number of nitrogens with two attached hydrogens (primary N) is 1.